The van der Waals surface area contributed by atoms with Gasteiger partial charge in [-0.15, -0.1) is 11.3 Å². The number of hydrogen-bond donors (Lipinski definition) is 3. The highest BCUT2D eigenvalue weighted by Crippen LogP contribution is 2.24. The van der Waals surface area contributed by atoms with Gasteiger partial charge >= 0.3 is 5.97 Å². The van der Waals surface area contributed by atoms with E-state index in [1.54, 1.807) is 18.2 Å². The molecule has 0 bridgehead atoms. The van der Waals surface area contributed by atoms with Crippen LogP contribution in [0.3, 0.4) is 0 Å². The molecule has 1 heterocycles. The lowest BCUT2D eigenvalue weighted by Crippen LogP contribution is -2.13. The summed E-state index contributed by atoms with van der Waals surface area (Å²) in [4.78, 5) is 10.6. The van der Waals surface area contributed by atoms with Crippen LogP contribution in [0.25, 0.3) is 0 Å². The van der Waals surface area contributed by atoms with E-state index in [1.165, 1.54) is 11.4 Å². The summed E-state index contributed by atoms with van der Waals surface area (Å²) in [6, 6.07) is 7.52. The van der Waals surface area contributed by atoms with E-state index in [-0.39, 0.29) is 15.5 Å². The number of para-hydroxylation sites is 2. The standard InChI is InChI=1S/C11H10N2O4S2/c12-8-3-1-2-4-9(8)13-19(16,17)7-5-10(11(14)15)18-6-7/h1-6,13H,12H2,(H,14,15). The Labute approximate surface area is 113 Å². The number of rotatable bonds is 4. The smallest absolute Gasteiger partial charge is 0.345 e. The number of nitrogens with one attached hydrogen (secondary N) is 1. The number of carboxylic acids is 1. The van der Waals surface area contributed by atoms with Gasteiger partial charge in [-0.25, -0.2) is 13.2 Å². The Morgan fingerprint density at radius 1 is 1.32 bits per heavy atom. The van der Waals surface area contributed by atoms with E-state index in [1.807, 2.05) is 0 Å². The molecule has 4 N–H and O–H groups in total. The highest BCUT2D eigenvalue weighted by atomic mass is 32.2. The van der Waals surface area contributed by atoms with Gasteiger partial charge in [0.25, 0.3) is 10.0 Å². The molecule has 0 aliphatic heterocycles. The molecule has 6 nitrogen and oxygen atoms in total. The summed E-state index contributed by atoms with van der Waals surface area (Å²) < 4.78 is 26.4. The van der Waals surface area contributed by atoms with Crippen LogP contribution in [0.15, 0.2) is 40.6 Å². The Morgan fingerprint density at radius 2 is 2.00 bits per heavy atom. The quantitative estimate of drug-likeness (QED) is 0.746. The van der Waals surface area contributed by atoms with Gasteiger partial charge < -0.3 is 10.8 Å². The number of benzene rings is 1. The summed E-state index contributed by atoms with van der Waals surface area (Å²) in [7, 11) is -3.83. The minimum atomic E-state index is -3.83. The van der Waals surface area contributed by atoms with Crippen LogP contribution in [0.2, 0.25) is 0 Å². The van der Waals surface area contributed by atoms with Crippen LogP contribution in [-0.4, -0.2) is 19.5 Å². The number of thiophene rings is 1. The molecule has 0 aliphatic rings. The second kappa shape index (κ2) is 4.90. The third-order valence-electron chi connectivity index (χ3n) is 2.30. The topological polar surface area (TPSA) is 109 Å². The van der Waals surface area contributed by atoms with E-state index in [4.69, 9.17) is 10.8 Å². The van der Waals surface area contributed by atoms with Gasteiger partial charge in [-0.1, -0.05) is 12.1 Å². The van der Waals surface area contributed by atoms with Crippen LogP contribution >= 0.6 is 11.3 Å². The van der Waals surface area contributed by atoms with Crippen molar-refractivity contribution in [1.29, 1.82) is 0 Å². The normalized spacial score (nSPS) is 11.2. The number of anilines is 2. The number of hydrogen-bond acceptors (Lipinski definition) is 5. The van der Waals surface area contributed by atoms with Crippen LogP contribution < -0.4 is 10.5 Å². The van der Waals surface area contributed by atoms with Gasteiger partial charge in [0, 0.05) is 5.38 Å². The first-order valence-electron chi connectivity index (χ1n) is 5.09. The van der Waals surface area contributed by atoms with Crippen LogP contribution in [0, 0.1) is 0 Å². The van der Waals surface area contributed by atoms with E-state index < -0.39 is 16.0 Å². The van der Waals surface area contributed by atoms with E-state index in [0.717, 1.165) is 17.4 Å². The fraction of sp³-hybridized carbons (Fsp3) is 0. The zero-order valence-electron chi connectivity index (χ0n) is 9.53. The lowest BCUT2D eigenvalue weighted by Gasteiger charge is -2.08. The van der Waals surface area contributed by atoms with Crippen molar-refractivity contribution in [3.05, 3.63) is 40.6 Å². The molecule has 19 heavy (non-hydrogen) atoms. The van der Waals surface area contributed by atoms with Crippen molar-refractivity contribution in [3.63, 3.8) is 0 Å². The Balaban J connectivity index is 2.32. The molecule has 0 fully saturated rings. The zero-order chi connectivity index (χ0) is 14.0. The Hall–Kier alpha value is -2.06. The highest BCUT2D eigenvalue weighted by molar-refractivity contribution is 7.92. The van der Waals surface area contributed by atoms with Crippen molar-refractivity contribution in [2.75, 3.05) is 10.5 Å². The number of carboxylic acid groups (broad SMARTS) is 1. The first kappa shape index (κ1) is 13.4. The van der Waals surface area contributed by atoms with Crippen LogP contribution in [-0.2, 0) is 10.0 Å². The van der Waals surface area contributed by atoms with Crippen molar-refractivity contribution in [2.45, 2.75) is 4.90 Å². The van der Waals surface area contributed by atoms with Crippen molar-refractivity contribution < 1.29 is 18.3 Å². The molecule has 0 radical (unpaired) electrons. The molecular formula is C11H10N2O4S2. The van der Waals surface area contributed by atoms with Crippen molar-refractivity contribution in [3.8, 4) is 0 Å². The second-order valence-corrected chi connectivity index (χ2v) is 6.24. The number of carbonyl (C=O) groups is 1. The fourth-order valence-corrected chi connectivity index (χ4v) is 3.56. The van der Waals surface area contributed by atoms with E-state index in [2.05, 4.69) is 4.72 Å². The Bertz CT molecular complexity index is 722. The summed E-state index contributed by atoms with van der Waals surface area (Å²) in [5.41, 5.74) is 6.19. The van der Waals surface area contributed by atoms with E-state index in [9.17, 15) is 13.2 Å². The first-order chi connectivity index (χ1) is 8.90. The molecule has 0 aliphatic carbocycles. The van der Waals surface area contributed by atoms with Gasteiger partial charge in [-0.05, 0) is 18.2 Å². The van der Waals surface area contributed by atoms with Crippen molar-refractivity contribution in [2.24, 2.45) is 0 Å². The van der Waals surface area contributed by atoms with Gasteiger partial charge in [0.15, 0.2) is 0 Å². The monoisotopic (exact) mass is 298 g/mol. The Kier molecular flexibility index (Phi) is 3.45. The number of nitrogens with two attached hydrogens (primary N) is 1. The summed E-state index contributed by atoms with van der Waals surface area (Å²) in [6.07, 6.45) is 0. The maximum absolute atomic E-state index is 12.0. The summed E-state index contributed by atoms with van der Waals surface area (Å²) >= 11 is 0.849. The molecule has 0 atom stereocenters. The summed E-state index contributed by atoms with van der Waals surface area (Å²) in [5, 5.41) is 10.0. The SMILES string of the molecule is Nc1ccccc1NS(=O)(=O)c1csc(C(=O)O)c1. The zero-order valence-corrected chi connectivity index (χ0v) is 11.2. The molecule has 0 saturated carbocycles. The summed E-state index contributed by atoms with van der Waals surface area (Å²) in [5.74, 6) is -1.16. The molecule has 8 heteroatoms. The molecule has 0 saturated heterocycles. The van der Waals surface area contributed by atoms with Gasteiger partial charge in [-0.2, -0.15) is 0 Å². The predicted octanol–water partition coefficient (Wildman–Crippen LogP) is 1.83. The lowest BCUT2D eigenvalue weighted by molar-refractivity contribution is 0.0702. The average Bonchev–Trinajstić information content (AvgIpc) is 2.82. The molecule has 1 aromatic heterocycles. The molecule has 1 aromatic carbocycles. The van der Waals surface area contributed by atoms with Crippen LogP contribution in [0.4, 0.5) is 11.4 Å². The number of sulfonamides is 1. The number of nitrogen functional groups attached to an aromatic ring is 1. The molecule has 2 rings (SSSR count). The van der Waals surface area contributed by atoms with Gasteiger partial charge in [0.1, 0.15) is 4.88 Å². The van der Waals surface area contributed by atoms with E-state index in [0.29, 0.717) is 5.69 Å². The molecule has 0 unspecified atom stereocenters. The molecule has 2 aromatic rings. The van der Waals surface area contributed by atoms with Gasteiger partial charge in [0.2, 0.25) is 0 Å². The number of aromatic carboxylic acids is 1. The fourth-order valence-electron chi connectivity index (χ4n) is 1.37. The van der Waals surface area contributed by atoms with Crippen LogP contribution in [0.5, 0.6) is 0 Å². The molecular weight excluding hydrogens is 288 g/mol. The maximum Gasteiger partial charge on any atom is 0.345 e. The predicted molar refractivity (Wildman–Crippen MR) is 72.9 cm³/mol. The molecule has 0 spiro atoms. The highest BCUT2D eigenvalue weighted by Gasteiger charge is 2.19. The van der Waals surface area contributed by atoms with Gasteiger partial charge in [0.05, 0.1) is 16.3 Å². The minimum Gasteiger partial charge on any atom is -0.477 e. The average molecular weight is 298 g/mol. The lowest BCUT2D eigenvalue weighted by atomic mass is 10.3. The van der Waals surface area contributed by atoms with Crippen molar-refractivity contribution >= 4 is 38.7 Å². The van der Waals surface area contributed by atoms with Gasteiger partial charge in [-0.3, -0.25) is 4.72 Å². The molecule has 100 valence electrons. The second-order valence-electron chi connectivity index (χ2n) is 3.64. The third kappa shape index (κ3) is 2.85. The van der Waals surface area contributed by atoms with E-state index >= 15 is 0 Å². The minimum absolute atomic E-state index is 0.0404. The Morgan fingerprint density at radius 3 is 2.58 bits per heavy atom. The molecule has 0 amide bonds. The largest absolute Gasteiger partial charge is 0.477 e. The van der Waals surface area contributed by atoms with Crippen LogP contribution in [0.1, 0.15) is 9.67 Å². The maximum atomic E-state index is 12.0. The first-order valence-corrected chi connectivity index (χ1v) is 7.45. The summed E-state index contributed by atoms with van der Waals surface area (Å²) in [6.45, 7) is 0. The third-order valence-corrected chi connectivity index (χ3v) is 4.71. The van der Waals surface area contributed by atoms with Crippen molar-refractivity contribution in [1.82, 2.24) is 0 Å².